The number of hydrogen-bond donors (Lipinski definition) is 0. The van der Waals surface area contributed by atoms with Crippen LogP contribution in [0.15, 0.2) is 54.6 Å². The average Bonchev–Trinajstić information content (AvgIpc) is 2.93. The molecule has 0 amide bonds. The molecule has 1 heterocycles. The first kappa shape index (κ1) is 15.8. The van der Waals surface area contributed by atoms with E-state index in [1.165, 1.54) is 0 Å². The van der Waals surface area contributed by atoms with Gasteiger partial charge in [0.05, 0.1) is 22.8 Å². The quantitative estimate of drug-likeness (QED) is 0.637. The van der Waals surface area contributed by atoms with Gasteiger partial charge in [-0.05, 0) is 50.6 Å². The summed E-state index contributed by atoms with van der Waals surface area (Å²) in [6, 6.07) is 18.9. The largest absolute Gasteiger partial charge is 0.443 e. The van der Waals surface area contributed by atoms with E-state index >= 15 is 0 Å². The third kappa shape index (κ3) is 3.02. The standard InChI is InChI=1S/C20H18N2O2/c1-20(2,3)24-19(23)22-17-7-5-4-6-16(17)12-18(22)15-10-8-14(13-21)9-11-15/h4-12H,1-3H3. The second-order valence-electron chi connectivity index (χ2n) is 6.59. The molecule has 0 spiro atoms. The van der Waals surface area contributed by atoms with E-state index in [2.05, 4.69) is 6.07 Å². The molecule has 0 aliphatic rings. The van der Waals surface area contributed by atoms with Crippen LogP contribution in [0.5, 0.6) is 0 Å². The number of nitrogens with zero attached hydrogens (tertiary/aromatic N) is 2. The zero-order chi connectivity index (χ0) is 17.3. The molecule has 0 fully saturated rings. The van der Waals surface area contributed by atoms with Crippen LogP contribution >= 0.6 is 0 Å². The number of benzene rings is 2. The van der Waals surface area contributed by atoms with Crippen LogP contribution < -0.4 is 0 Å². The first-order valence-corrected chi connectivity index (χ1v) is 7.73. The number of rotatable bonds is 1. The summed E-state index contributed by atoms with van der Waals surface area (Å²) in [6.07, 6.45) is -0.414. The van der Waals surface area contributed by atoms with Gasteiger partial charge < -0.3 is 4.74 Å². The first-order chi connectivity index (χ1) is 11.4. The van der Waals surface area contributed by atoms with Crippen molar-refractivity contribution in [2.24, 2.45) is 0 Å². The summed E-state index contributed by atoms with van der Waals surface area (Å²) in [7, 11) is 0. The molecular weight excluding hydrogens is 300 g/mol. The number of carbonyl (C=O) groups is 1. The Morgan fingerprint density at radius 2 is 1.75 bits per heavy atom. The van der Waals surface area contributed by atoms with Gasteiger partial charge in [0.1, 0.15) is 5.60 Å². The molecule has 1 aromatic heterocycles. The molecule has 3 aromatic rings. The van der Waals surface area contributed by atoms with E-state index in [-0.39, 0.29) is 0 Å². The van der Waals surface area contributed by atoms with Gasteiger partial charge in [0, 0.05) is 5.39 Å². The SMILES string of the molecule is CC(C)(C)OC(=O)n1c(-c2ccc(C#N)cc2)cc2ccccc21. The van der Waals surface area contributed by atoms with Crippen molar-refractivity contribution in [2.75, 3.05) is 0 Å². The highest BCUT2D eigenvalue weighted by atomic mass is 16.6. The molecule has 0 N–H and O–H groups in total. The highest BCUT2D eigenvalue weighted by Crippen LogP contribution is 2.29. The molecule has 0 aliphatic heterocycles. The van der Waals surface area contributed by atoms with Crippen LogP contribution in [0.3, 0.4) is 0 Å². The summed E-state index contributed by atoms with van der Waals surface area (Å²) in [6.45, 7) is 5.54. The van der Waals surface area contributed by atoms with E-state index in [9.17, 15) is 4.79 Å². The van der Waals surface area contributed by atoms with Gasteiger partial charge in [-0.3, -0.25) is 0 Å². The molecule has 0 atom stereocenters. The van der Waals surface area contributed by atoms with Crippen molar-refractivity contribution in [2.45, 2.75) is 26.4 Å². The molecule has 120 valence electrons. The average molecular weight is 318 g/mol. The van der Waals surface area contributed by atoms with E-state index in [1.807, 2.05) is 63.2 Å². The van der Waals surface area contributed by atoms with Gasteiger partial charge in [0.25, 0.3) is 0 Å². The highest BCUT2D eigenvalue weighted by molar-refractivity contribution is 5.96. The number of fused-ring (bicyclic) bond motifs is 1. The predicted molar refractivity (Wildman–Crippen MR) is 93.7 cm³/mol. The molecule has 0 radical (unpaired) electrons. The van der Waals surface area contributed by atoms with Crippen LogP contribution in [0.4, 0.5) is 4.79 Å². The summed E-state index contributed by atoms with van der Waals surface area (Å²) in [5.74, 6) is 0. The minimum atomic E-state index is -0.579. The number of para-hydroxylation sites is 1. The summed E-state index contributed by atoms with van der Waals surface area (Å²) in [5, 5.41) is 9.92. The molecule has 0 bridgehead atoms. The van der Waals surface area contributed by atoms with E-state index in [4.69, 9.17) is 10.00 Å². The smallest absolute Gasteiger partial charge is 0.419 e. The van der Waals surface area contributed by atoms with Crippen molar-refractivity contribution in [1.29, 1.82) is 5.26 Å². The van der Waals surface area contributed by atoms with E-state index in [0.29, 0.717) is 5.56 Å². The fourth-order valence-electron chi connectivity index (χ4n) is 2.59. The Kier molecular flexibility index (Phi) is 3.86. The van der Waals surface area contributed by atoms with Crippen LogP contribution in [-0.2, 0) is 4.74 Å². The van der Waals surface area contributed by atoms with Gasteiger partial charge >= 0.3 is 6.09 Å². The lowest BCUT2D eigenvalue weighted by atomic mass is 10.1. The molecule has 4 nitrogen and oxygen atoms in total. The third-order valence-electron chi connectivity index (χ3n) is 3.60. The predicted octanol–water partition coefficient (Wildman–Crippen LogP) is 4.96. The lowest BCUT2D eigenvalue weighted by molar-refractivity contribution is 0.0547. The zero-order valence-electron chi connectivity index (χ0n) is 13.9. The third-order valence-corrected chi connectivity index (χ3v) is 3.60. The fraction of sp³-hybridized carbons (Fsp3) is 0.200. The van der Waals surface area contributed by atoms with Crippen molar-refractivity contribution >= 4 is 17.0 Å². The van der Waals surface area contributed by atoms with Crippen molar-refractivity contribution in [3.63, 3.8) is 0 Å². The molecule has 0 aliphatic carbocycles. The molecule has 2 aromatic carbocycles. The van der Waals surface area contributed by atoms with Gasteiger partial charge in [0.2, 0.25) is 0 Å². The monoisotopic (exact) mass is 318 g/mol. The molecule has 24 heavy (non-hydrogen) atoms. The van der Waals surface area contributed by atoms with Gasteiger partial charge in [-0.15, -0.1) is 0 Å². The molecular formula is C20H18N2O2. The maximum absolute atomic E-state index is 12.7. The molecule has 0 saturated heterocycles. The number of ether oxygens (including phenoxy) is 1. The maximum atomic E-state index is 12.7. The van der Waals surface area contributed by atoms with Crippen LogP contribution in [-0.4, -0.2) is 16.3 Å². The van der Waals surface area contributed by atoms with Gasteiger partial charge in [-0.25, -0.2) is 9.36 Å². The molecule has 3 rings (SSSR count). The van der Waals surface area contributed by atoms with Crippen molar-refractivity contribution in [3.8, 4) is 17.3 Å². The first-order valence-electron chi connectivity index (χ1n) is 7.73. The molecule has 4 heteroatoms. The van der Waals surface area contributed by atoms with Crippen LogP contribution in [0.2, 0.25) is 0 Å². The number of carbonyl (C=O) groups excluding carboxylic acids is 1. The van der Waals surface area contributed by atoms with Crippen LogP contribution in [0.25, 0.3) is 22.2 Å². The van der Waals surface area contributed by atoms with Crippen molar-refractivity contribution in [1.82, 2.24) is 4.57 Å². The lowest BCUT2D eigenvalue weighted by Crippen LogP contribution is -2.27. The van der Waals surface area contributed by atoms with Gasteiger partial charge in [-0.2, -0.15) is 5.26 Å². The highest BCUT2D eigenvalue weighted by Gasteiger charge is 2.22. The fourth-order valence-corrected chi connectivity index (χ4v) is 2.59. The van der Waals surface area contributed by atoms with E-state index in [1.54, 1.807) is 16.7 Å². The Bertz CT molecular complexity index is 938. The topological polar surface area (TPSA) is 55.0 Å². The second kappa shape index (κ2) is 5.86. The Morgan fingerprint density at radius 1 is 1.08 bits per heavy atom. The summed E-state index contributed by atoms with van der Waals surface area (Å²) in [5.41, 5.74) is 2.40. The van der Waals surface area contributed by atoms with Gasteiger partial charge in [-0.1, -0.05) is 30.3 Å². The summed E-state index contributed by atoms with van der Waals surface area (Å²) >= 11 is 0. The summed E-state index contributed by atoms with van der Waals surface area (Å²) < 4.78 is 7.15. The van der Waals surface area contributed by atoms with Gasteiger partial charge in [0.15, 0.2) is 0 Å². The second-order valence-corrected chi connectivity index (χ2v) is 6.59. The molecule has 0 unspecified atom stereocenters. The maximum Gasteiger partial charge on any atom is 0.419 e. The Labute approximate surface area is 140 Å². The minimum Gasteiger partial charge on any atom is -0.443 e. The Hall–Kier alpha value is -3.06. The number of aromatic nitrogens is 1. The van der Waals surface area contributed by atoms with Crippen LogP contribution in [0.1, 0.15) is 26.3 Å². The van der Waals surface area contributed by atoms with E-state index < -0.39 is 11.7 Å². The Balaban J connectivity index is 2.18. The number of hydrogen-bond acceptors (Lipinski definition) is 3. The van der Waals surface area contributed by atoms with Crippen molar-refractivity contribution in [3.05, 3.63) is 60.2 Å². The zero-order valence-corrected chi connectivity index (χ0v) is 13.9. The van der Waals surface area contributed by atoms with E-state index in [0.717, 1.165) is 22.2 Å². The normalized spacial score (nSPS) is 11.2. The van der Waals surface area contributed by atoms with Crippen molar-refractivity contribution < 1.29 is 9.53 Å². The molecule has 0 saturated carbocycles. The number of nitriles is 1. The lowest BCUT2D eigenvalue weighted by Gasteiger charge is -2.21. The van der Waals surface area contributed by atoms with Crippen LogP contribution in [0, 0.1) is 11.3 Å². The Morgan fingerprint density at radius 3 is 2.38 bits per heavy atom. The minimum absolute atomic E-state index is 0.414. The summed E-state index contributed by atoms with van der Waals surface area (Å²) in [4.78, 5) is 12.7.